The van der Waals surface area contributed by atoms with Gasteiger partial charge in [-0.25, -0.2) is 8.42 Å². The van der Waals surface area contributed by atoms with Crippen molar-refractivity contribution in [3.63, 3.8) is 0 Å². The van der Waals surface area contributed by atoms with E-state index in [0.717, 1.165) is 11.3 Å². The number of furan rings is 1. The smallest absolute Gasteiger partial charge is 0.253 e. The van der Waals surface area contributed by atoms with Crippen LogP contribution in [0, 0.1) is 6.92 Å². The van der Waals surface area contributed by atoms with Gasteiger partial charge >= 0.3 is 0 Å². The second-order valence-corrected chi connectivity index (χ2v) is 10.3. The highest BCUT2D eigenvalue weighted by molar-refractivity contribution is 7.89. The topological polar surface area (TPSA) is 112 Å². The number of amides is 2. The number of hydrogen-bond donors (Lipinski definition) is 2. The molecule has 1 aromatic heterocycles. The summed E-state index contributed by atoms with van der Waals surface area (Å²) in [6.45, 7) is 3.90. The van der Waals surface area contributed by atoms with Gasteiger partial charge in [0.15, 0.2) is 0 Å². The summed E-state index contributed by atoms with van der Waals surface area (Å²) in [5.41, 5.74) is 2.68. The maximum Gasteiger partial charge on any atom is 0.253 e. The van der Waals surface area contributed by atoms with Gasteiger partial charge in [0.05, 0.1) is 24.1 Å². The number of benzene rings is 2. The number of carbonyl (C=O) groups excluding carboxylic acids is 2. The molecule has 0 bridgehead atoms. The molecule has 1 fully saturated rings. The van der Waals surface area contributed by atoms with Gasteiger partial charge in [-0.05, 0) is 48.9 Å². The van der Waals surface area contributed by atoms with Crippen LogP contribution >= 0.6 is 0 Å². The number of para-hydroxylation sites is 1. The third-order valence-electron chi connectivity index (χ3n) is 5.76. The number of carbonyl (C=O) groups is 2. The number of rotatable bonds is 8. The zero-order valence-electron chi connectivity index (χ0n) is 19.4. The molecule has 2 N–H and O–H groups in total. The van der Waals surface area contributed by atoms with Gasteiger partial charge in [-0.3, -0.25) is 9.59 Å². The first kappa shape index (κ1) is 24.5. The summed E-state index contributed by atoms with van der Waals surface area (Å²) < 4.78 is 32.3. The maximum atomic E-state index is 12.9. The summed E-state index contributed by atoms with van der Waals surface area (Å²) in [4.78, 5) is 27.4. The van der Waals surface area contributed by atoms with E-state index >= 15 is 0 Å². The molecule has 0 saturated carbocycles. The minimum atomic E-state index is -3.81. The van der Waals surface area contributed by atoms with Gasteiger partial charge in [0.25, 0.3) is 5.91 Å². The number of aryl methyl sites for hydroxylation is 1. The molecule has 2 aromatic carbocycles. The first-order chi connectivity index (χ1) is 16.8. The lowest BCUT2D eigenvalue weighted by atomic mass is 10.1. The van der Waals surface area contributed by atoms with E-state index in [1.807, 2.05) is 25.1 Å². The number of hydrogen-bond acceptors (Lipinski definition) is 6. The van der Waals surface area contributed by atoms with Crippen molar-refractivity contribution in [3.8, 4) is 0 Å². The molecular weight excluding hydrogens is 468 g/mol. The van der Waals surface area contributed by atoms with Crippen LogP contribution in [0.4, 0.5) is 11.4 Å². The molecule has 0 unspecified atom stereocenters. The van der Waals surface area contributed by atoms with Crippen molar-refractivity contribution in [3.05, 3.63) is 83.8 Å². The van der Waals surface area contributed by atoms with Gasteiger partial charge in [-0.1, -0.05) is 24.3 Å². The highest BCUT2D eigenvalue weighted by Gasteiger charge is 2.29. The minimum Gasteiger partial charge on any atom is -0.467 e. The number of nitrogens with one attached hydrogen (secondary N) is 2. The van der Waals surface area contributed by atoms with Crippen LogP contribution in [0.3, 0.4) is 0 Å². The molecule has 35 heavy (non-hydrogen) atoms. The molecule has 184 valence electrons. The lowest BCUT2D eigenvalue weighted by Crippen LogP contribution is -2.50. The zero-order valence-corrected chi connectivity index (χ0v) is 20.3. The molecule has 0 aliphatic carbocycles. The highest BCUT2D eigenvalue weighted by atomic mass is 32.2. The van der Waals surface area contributed by atoms with Gasteiger partial charge in [0, 0.05) is 31.9 Å². The van der Waals surface area contributed by atoms with E-state index in [4.69, 9.17) is 4.42 Å². The van der Waals surface area contributed by atoms with E-state index in [9.17, 15) is 18.0 Å². The fourth-order valence-corrected chi connectivity index (χ4v) is 5.26. The third-order valence-corrected chi connectivity index (χ3v) is 7.54. The van der Waals surface area contributed by atoms with E-state index in [1.54, 1.807) is 36.4 Å². The molecule has 3 aromatic rings. The van der Waals surface area contributed by atoms with E-state index in [0.29, 0.717) is 31.9 Å². The normalized spacial score (nSPS) is 14.5. The molecule has 10 heteroatoms. The monoisotopic (exact) mass is 496 g/mol. The van der Waals surface area contributed by atoms with Gasteiger partial charge in [0.2, 0.25) is 15.9 Å². The average Bonchev–Trinajstić information content (AvgIpc) is 3.36. The number of nitrogens with zero attached hydrogens (tertiary/aromatic N) is 2. The Bertz CT molecular complexity index is 1280. The van der Waals surface area contributed by atoms with Crippen LogP contribution in [0.1, 0.15) is 21.7 Å². The standard InChI is InChI=1S/C25H28N4O5S/c1-19-6-4-7-20(16-19)28-11-13-29(14-12-28)35(32,33)18-24(30)27-23-10-3-2-9-22(23)25(31)26-17-21-8-5-15-34-21/h2-10,15-16H,11-14,17-18H2,1H3,(H,26,31)(H,27,30). The molecular formula is C25H28N4O5S. The van der Waals surface area contributed by atoms with Crippen LogP contribution in [-0.2, 0) is 21.4 Å². The van der Waals surface area contributed by atoms with Crippen LogP contribution in [0.5, 0.6) is 0 Å². The number of sulfonamides is 1. The Balaban J connectivity index is 1.34. The van der Waals surface area contributed by atoms with Crippen LogP contribution in [0.25, 0.3) is 0 Å². The Morgan fingerprint density at radius 2 is 1.74 bits per heavy atom. The van der Waals surface area contributed by atoms with Crippen LogP contribution < -0.4 is 15.5 Å². The van der Waals surface area contributed by atoms with Gasteiger partial charge < -0.3 is 20.0 Å². The van der Waals surface area contributed by atoms with E-state index < -0.39 is 27.6 Å². The lowest BCUT2D eigenvalue weighted by molar-refractivity contribution is -0.113. The van der Waals surface area contributed by atoms with Crippen molar-refractivity contribution in [1.82, 2.24) is 9.62 Å². The Hall–Kier alpha value is -3.63. The summed E-state index contributed by atoms with van der Waals surface area (Å²) in [7, 11) is -3.81. The Labute approximate surface area is 204 Å². The molecule has 1 saturated heterocycles. The number of piperazine rings is 1. The lowest BCUT2D eigenvalue weighted by Gasteiger charge is -2.35. The molecule has 4 rings (SSSR count). The van der Waals surface area contributed by atoms with Crippen molar-refractivity contribution >= 4 is 33.2 Å². The summed E-state index contributed by atoms with van der Waals surface area (Å²) in [5.74, 6) is -1.21. The van der Waals surface area contributed by atoms with Crippen molar-refractivity contribution in [2.75, 3.05) is 42.1 Å². The summed E-state index contributed by atoms with van der Waals surface area (Å²) in [6.07, 6.45) is 1.51. The highest BCUT2D eigenvalue weighted by Crippen LogP contribution is 2.20. The van der Waals surface area contributed by atoms with E-state index in [1.165, 1.54) is 10.6 Å². The van der Waals surface area contributed by atoms with E-state index in [2.05, 4.69) is 21.6 Å². The van der Waals surface area contributed by atoms with Crippen molar-refractivity contribution in [2.24, 2.45) is 0 Å². The molecule has 2 heterocycles. The summed E-state index contributed by atoms with van der Waals surface area (Å²) in [5, 5.41) is 5.30. The molecule has 1 aliphatic rings. The molecule has 0 atom stereocenters. The number of anilines is 2. The summed E-state index contributed by atoms with van der Waals surface area (Å²) in [6, 6.07) is 18.0. The second-order valence-electron chi connectivity index (χ2n) is 8.34. The van der Waals surface area contributed by atoms with Crippen LogP contribution in [0.2, 0.25) is 0 Å². The third kappa shape index (κ3) is 6.28. The molecule has 0 radical (unpaired) electrons. The SMILES string of the molecule is Cc1cccc(N2CCN(S(=O)(=O)CC(=O)Nc3ccccc3C(=O)NCc3ccco3)CC2)c1. The van der Waals surface area contributed by atoms with Crippen LogP contribution in [0.15, 0.2) is 71.3 Å². The Morgan fingerprint density at radius 3 is 2.46 bits per heavy atom. The molecule has 2 amide bonds. The molecule has 0 spiro atoms. The largest absolute Gasteiger partial charge is 0.467 e. The Kier molecular flexibility index (Phi) is 7.52. The second kappa shape index (κ2) is 10.7. The first-order valence-corrected chi connectivity index (χ1v) is 12.9. The average molecular weight is 497 g/mol. The van der Waals surface area contributed by atoms with E-state index in [-0.39, 0.29) is 17.8 Å². The first-order valence-electron chi connectivity index (χ1n) is 11.3. The quantitative estimate of drug-likeness (QED) is 0.496. The maximum absolute atomic E-state index is 12.9. The Morgan fingerprint density at radius 1 is 0.971 bits per heavy atom. The van der Waals surface area contributed by atoms with Crippen molar-refractivity contribution in [1.29, 1.82) is 0 Å². The van der Waals surface area contributed by atoms with Gasteiger partial charge in [-0.2, -0.15) is 4.31 Å². The fourth-order valence-electron chi connectivity index (χ4n) is 3.96. The predicted molar refractivity (Wildman–Crippen MR) is 134 cm³/mol. The van der Waals surface area contributed by atoms with Crippen molar-refractivity contribution in [2.45, 2.75) is 13.5 Å². The fraction of sp³-hybridized carbons (Fsp3) is 0.280. The predicted octanol–water partition coefficient (Wildman–Crippen LogP) is 2.61. The summed E-state index contributed by atoms with van der Waals surface area (Å²) >= 11 is 0. The minimum absolute atomic E-state index is 0.191. The molecule has 9 nitrogen and oxygen atoms in total. The zero-order chi connectivity index (χ0) is 24.8. The van der Waals surface area contributed by atoms with Crippen LogP contribution in [-0.4, -0.2) is 56.5 Å². The van der Waals surface area contributed by atoms with Gasteiger partial charge in [-0.15, -0.1) is 0 Å². The molecule has 1 aliphatic heterocycles. The van der Waals surface area contributed by atoms with Crippen molar-refractivity contribution < 1.29 is 22.4 Å². The van der Waals surface area contributed by atoms with Gasteiger partial charge in [0.1, 0.15) is 11.5 Å².